The average molecular weight is 318 g/mol. The Kier molecular flexibility index (Phi) is 3.90. The minimum atomic E-state index is -0.447. The minimum absolute atomic E-state index is 0.0458. The van der Waals surface area contributed by atoms with Gasteiger partial charge in [-0.2, -0.15) is 5.10 Å². The Morgan fingerprint density at radius 2 is 2.14 bits per heavy atom. The standard InChI is InChI=1S/C16H13ClFN3O/c1-2-3-15(22)13-9-16-19-7-6-14(21(16)20-13)11-5-4-10(17)8-12(11)18/h4-9H,2-3H2,1H3. The monoisotopic (exact) mass is 317 g/mol. The zero-order chi connectivity index (χ0) is 15.7. The fraction of sp³-hybridized carbons (Fsp3) is 0.188. The minimum Gasteiger partial charge on any atom is -0.292 e. The number of fused-ring (bicyclic) bond motifs is 1. The predicted octanol–water partition coefficient (Wildman–Crippen LogP) is 4.17. The first kappa shape index (κ1) is 14.7. The number of carbonyl (C=O) groups is 1. The molecule has 0 radical (unpaired) electrons. The number of hydrogen-bond donors (Lipinski definition) is 0. The second-order valence-corrected chi connectivity index (χ2v) is 5.36. The number of Topliss-reactive ketones (excluding diaryl/α,β-unsaturated/α-hetero) is 1. The van der Waals surface area contributed by atoms with E-state index in [2.05, 4.69) is 10.1 Å². The summed E-state index contributed by atoms with van der Waals surface area (Å²) in [7, 11) is 0. The highest BCUT2D eigenvalue weighted by molar-refractivity contribution is 6.30. The van der Waals surface area contributed by atoms with Gasteiger partial charge in [-0.15, -0.1) is 0 Å². The van der Waals surface area contributed by atoms with E-state index in [9.17, 15) is 9.18 Å². The Bertz CT molecular complexity index is 860. The van der Waals surface area contributed by atoms with E-state index >= 15 is 0 Å². The summed E-state index contributed by atoms with van der Waals surface area (Å²) in [6, 6.07) is 7.71. The summed E-state index contributed by atoms with van der Waals surface area (Å²) in [5, 5.41) is 4.60. The molecule has 0 fully saturated rings. The lowest BCUT2D eigenvalue weighted by molar-refractivity contribution is 0.0976. The predicted molar refractivity (Wildman–Crippen MR) is 82.6 cm³/mol. The molecule has 0 N–H and O–H groups in total. The van der Waals surface area contributed by atoms with E-state index in [1.165, 1.54) is 10.6 Å². The smallest absolute Gasteiger partial charge is 0.183 e. The lowest BCUT2D eigenvalue weighted by Gasteiger charge is -2.06. The number of halogens is 2. The summed E-state index contributed by atoms with van der Waals surface area (Å²) in [6.45, 7) is 1.93. The van der Waals surface area contributed by atoms with Gasteiger partial charge in [0.25, 0.3) is 0 Å². The third kappa shape index (κ3) is 2.60. The van der Waals surface area contributed by atoms with Gasteiger partial charge in [-0.3, -0.25) is 4.79 Å². The zero-order valence-corrected chi connectivity index (χ0v) is 12.6. The second kappa shape index (κ2) is 5.85. The number of ketones is 1. The van der Waals surface area contributed by atoms with E-state index in [0.717, 1.165) is 6.42 Å². The summed E-state index contributed by atoms with van der Waals surface area (Å²) in [4.78, 5) is 16.2. The summed E-state index contributed by atoms with van der Waals surface area (Å²) < 4.78 is 15.6. The largest absolute Gasteiger partial charge is 0.292 e. The molecule has 6 heteroatoms. The van der Waals surface area contributed by atoms with Crippen molar-refractivity contribution in [2.45, 2.75) is 19.8 Å². The average Bonchev–Trinajstić information content (AvgIpc) is 2.92. The molecule has 0 aliphatic carbocycles. The van der Waals surface area contributed by atoms with Gasteiger partial charge in [-0.1, -0.05) is 18.5 Å². The van der Waals surface area contributed by atoms with E-state index in [-0.39, 0.29) is 5.78 Å². The molecule has 0 bridgehead atoms. The van der Waals surface area contributed by atoms with Gasteiger partial charge in [-0.25, -0.2) is 13.9 Å². The molecule has 0 aliphatic heterocycles. The zero-order valence-electron chi connectivity index (χ0n) is 11.9. The Labute approximate surface area is 131 Å². The Morgan fingerprint density at radius 3 is 2.86 bits per heavy atom. The van der Waals surface area contributed by atoms with Gasteiger partial charge in [0.05, 0.1) is 5.69 Å². The van der Waals surface area contributed by atoms with Gasteiger partial charge in [0, 0.05) is 29.3 Å². The number of carbonyl (C=O) groups excluding carboxylic acids is 1. The van der Waals surface area contributed by atoms with Crippen molar-refractivity contribution in [2.75, 3.05) is 0 Å². The number of benzene rings is 1. The summed E-state index contributed by atoms with van der Waals surface area (Å²) >= 11 is 5.78. The molecule has 0 atom stereocenters. The molecule has 2 aromatic heterocycles. The molecule has 22 heavy (non-hydrogen) atoms. The van der Waals surface area contributed by atoms with E-state index in [1.54, 1.807) is 30.5 Å². The summed E-state index contributed by atoms with van der Waals surface area (Å²) in [6.07, 6.45) is 2.74. The van der Waals surface area contributed by atoms with Crippen LogP contribution in [0.1, 0.15) is 30.3 Å². The fourth-order valence-corrected chi connectivity index (χ4v) is 2.45. The Balaban J connectivity index is 2.16. The third-order valence-electron chi connectivity index (χ3n) is 3.33. The maximum atomic E-state index is 14.1. The lowest BCUT2D eigenvalue weighted by atomic mass is 10.1. The molecule has 3 rings (SSSR count). The van der Waals surface area contributed by atoms with Crippen molar-refractivity contribution in [2.24, 2.45) is 0 Å². The number of nitrogens with zero attached hydrogens (tertiary/aromatic N) is 3. The van der Waals surface area contributed by atoms with E-state index in [0.29, 0.717) is 34.0 Å². The van der Waals surface area contributed by atoms with Gasteiger partial charge >= 0.3 is 0 Å². The topological polar surface area (TPSA) is 47.3 Å². The number of rotatable bonds is 4. The van der Waals surface area contributed by atoms with Gasteiger partial charge < -0.3 is 0 Å². The first-order valence-corrected chi connectivity index (χ1v) is 7.31. The van der Waals surface area contributed by atoms with Crippen molar-refractivity contribution >= 4 is 23.0 Å². The molecule has 0 aliphatic rings. The molecule has 3 aromatic rings. The van der Waals surface area contributed by atoms with Crippen LogP contribution in [0.5, 0.6) is 0 Å². The quantitative estimate of drug-likeness (QED) is 0.678. The van der Waals surface area contributed by atoms with Crippen molar-refractivity contribution < 1.29 is 9.18 Å². The van der Waals surface area contributed by atoms with Crippen molar-refractivity contribution in [3.05, 3.63) is 53.1 Å². The van der Waals surface area contributed by atoms with E-state index in [4.69, 9.17) is 11.6 Å². The van der Waals surface area contributed by atoms with Crippen LogP contribution < -0.4 is 0 Å². The molecule has 2 heterocycles. The van der Waals surface area contributed by atoms with Crippen LogP contribution in [0.4, 0.5) is 4.39 Å². The lowest BCUT2D eigenvalue weighted by Crippen LogP contribution is -2.01. The molecule has 0 saturated heterocycles. The number of aromatic nitrogens is 3. The maximum Gasteiger partial charge on any atom is 0.183 e. The van der Waals surface area contributed by atoms with E-state index in [1.807, 2.05) is 6.92 Å². The molecule has 1 aromatic carbocycles. The van der Waals surface area contributed by atoms with Crippen molar-refractivity contribution in [1.29, 1.82) is 0 Å². The van der Waals surface area contributed by atoms with Crippen LogP contribution in [0.25, 0.3) is 16.9 Å². The molecule has 112 valence electrons. The fourth-order valence-electron chi connectivity index (χ4n) is 2.29. The van der Waals surface area contributed by atoms with Gasteiger partial charge in [0.2, 0.25) is 0 Å². The number of hydrogen-bond acceptors (Lipinski definition) is 3. The first-order chi connectivity index (χ1) is 10.6. The van der Waals surface area contributed by atoms with Crippen molar-refractivity contribution in [3.8, 4) is 11.3 Å². The summed E-state index contributed by atoms with van der Waals surface area (Å²) in [5.74, 6) is -0.493. The molecule has 0 spiro atoms. The van der Waals surface area contributed by atoms with Crippen LogP contribution in [0.3, 0.4) is 0 Å². The van der Waals surface area contributed by atoms with E-state index < -0.39 is 5.82 Å². The molecular weight excluding hydrogens is 305 g/mol. The highest BCUT2D eigenvalue weighted by atomic mass is 35.5. The Hall–Kier alpha value is -2.27. The van der Waals surface area contributed by atoms with Crippen molar-refractivity contribution in [1.82, 2.24) is 14.6 Å². The van der Waals surface area contributed by atoms with Crippen LogP contribution in [0, 0.1) is 5.82 Å². The third-order valence-corrected chi connectivity index (χ3v) is 3.56. The maximum absolute atomic E-state index is 14.1. The van der Waals surface area contributed by atoms with Crippen molar-refractivity contribution in [3.63, 3.8) is 0 Å². The Morgan fingerprint density at radius 1 is 1.32 bits per heavy atom. The van der Waals surface area contributed by atoms with Gasteiger partial charge in [-0.05, 0) is 30.7 Å². The SMILES string of the molecule is CCCC(=O)c1cc2nccc(-c3ccc(Cl)cc3F)n2n1. The van der Waals surface area contributed by atoms with Crippen LogP contribution >= 0.6 is 11.6 Å². The molecule has 0 amide bonds. The van der Waals surface area contributed by atoms with Gasteiger partial charge in [0.1, 0.15) is 11.5 Å². The first-order valence-electron chi connectivity index (χ1n) is 6.93. The summed E-state index contributed by atoms with van der Waals surface area (Å²) in [5.41, 5.74) is 1.73. The normalized spacial score (nSPS) is 11.0. The molecule has 0 saturated carbocycles. The highest BCUT2D eigenvalue weighted by Gasteiger charge is 2.15. The molecule has 4 nitrogen and oxygen atoms in total. The van der Waals surface area contributed by atoms with Crippen LogP contribution in [-0.2, 0) is 0 Å². The second-order valence-electron chi connectivity index (χ2n) is 4.93. The van der Waals surface area contributed by atoms with Crippen LogP contribution in [0.15, 0.2) is 36.5 Å². The molecular formula is C16H13ClFN3O. The molecule has 0 unspecified atom stereocenters. The van der Waals surface area contributed by atoms with Crippen LogP contribution in [0.2, 0.25) is 5.02 Å². The highest BCUT2D eigenvalue weighted by Crippen LogP contribution is 2.25. The van der Waals surface area contributed by atoms with Gasteiger partial charge in [0.15, 0.2) is 11.4 Å². The van der Waals surface area contributed by atoms with Crippen LogP contribution in [-0.4, -0.2) is 20.4 Å².